The molecule has 1 aliphatic rings. The highest BCUT2D eigenvalue weighted by Gasteiger charge is 2.24. The molecule has 0 radical (unpaired) electrons. The highest BCUT2D eigenvalue weighted by atomic mass is 32.1. The van der Waals surface area contributed by atoms with Crippen molar-refractivity contribution >= 4 is 23.1 Å². The number of hydrogen-bond donors (Lipinski definition) is 2. The van der Waals surface area contributed by atoms with E-state index in [0.29, 0.717) is 6.54 Å². The van der Waals surface area contributed by atoms with Gasteiger partial charge in [-0.25, -0.2) is 9.18 Å². The number of urea groups is 1. The number of carbonyl (C=O) groups excluding carboxylic acids is 1. The zero-order valence-electron chi connectivity index (χ0n) is 15.7. The first-order valence-corrected chi connectivity index (χ1v) is 10.3. The second kappa shape index (κ2) is 8.16. The van der Waals surface area contributed by atoms with Crippen LogP contribution in [0.2, 0.25) is 0 Å². The van der Waals surface area contributed by atoms with Gasteiger partial charge in [-0.3, -0.25) is 4.90 Å². The molecule has 2 aromatic heterocycles. The van der Waals surface area contributed by atoms with Crippen molar-refractivity contribution in [2.75, 3.05) is 18.4 Å². The number of halogens is 1. The fraction of sp³-hybridized carbons (Fsp3) is 0.286. The molecule has 0 atom stereocenters. The number of thiophene rings is 1. The Morgan fingerprint density at radius 3 is 2.75 bits per heavy atom. The first kappa shape index (κ1) is 18.7. The van der Waals surface area contributed by atoms with Crippen molar-refractivity contribution in [1.82, 2.24) is 14.8 Å². The number of nitrogens with one attached hydrogen (secondary N) is 2. The van der Waals surface area contributed by atoms with Crippen LogP contribution < -0.4 is 10.6 Å². The van der Waals surface area contributed by atoms with Gasteiger partial charge in [0.25, 0.3) is 0 Å². The maximum absolute atomic E-state index is 13.8. The predicted molar refractivity (Wildman–Crippen MR) is 111 cm³/mol. The minimum Gasteiger partial charge on any atom is -0.334 e. The molecule has 5 nitrogen and oxygen atoms in total. The number of fused-ring (bicyclic) bond motifs is 1. The van der Waals surface area contributed by atoms with Gasteiger partial charge in [-0.15, -0.1) is 11.3 Å². The number of nitrogens with zero attached hydrogens (tertiary/aromatic N) is 2. The van der Waals surface area contributed by atoms with Crippen molar-refractivity contribution in [3.05, 3.63) is 70.6 Å². The van der Waals surface area contributed by atoms with Gasteiger partial charge in [-0.1, -0.05) is 19.1 Å². The molecule has 0 saturated carbocycles. The summed E-state index contributed by atoms with van der Waals surface area (Å²) in [6.07, 6.45) is 5.03. The highest BCUT2D eigenvalue weighted by molar-refractivity contribution is 7.14. The Balaban J connectivity index is 1.54. The summed E-state index contributed by atoms with van der Waals surface area (Å²) in [4.78, 5) is 16.1. The summed E-state index contributed by atoms with van der Waals surface area (Å²) in [6, 6.07) is 9.75. The number of benzene rings is 1. The molecule has 2 N–H and O–H groups in total. The van der Waals surface area contributed by atoms with Crippen LogP contribution in [0, 0.1) is 5.82 Å². The molecule has 0 saturated heterocycles. The van der Waals surface area contributed by atoms with Gasteiger partial charge in [0, 0.05) is 42.5 Å². The Hall–Kier alpha value is -2.64. The van der Waals surface area contributed by atoms with Crippen LogP contribution in [-0.2, 0) is 19.5 Å². The highest BCUT2D eigenvalue weighted by Crippen LogP contribution is 2.35. The molecule has 0 fully saturated rings. The van der Waals surface area contributed by atoms with E-state index in [-0.39, 0.29) is 5.69 Å². The van der Waals surface area contributed by atoms with E-state index in [9.17, 15) is 9.18 Å². The largest absolute Gasteiger partial charge is 0.334 e. The summed E-state index contributed by atoms with van der Waals surface area (Å²) < 4.78 is 15.9. The number of aromatic nitrogens is 1. The summed E-state index contributed by atoms with van der Waals surface area (Å²) in [7, 11) is 0. The van der Waals surface area contributed by atoms with E-state index in [0.717, 1.165) is 36.6 Å². The van der Waals surface area contributed by atoms with Gasteiger partial charge in [-0.2, -0.15) is 0 Å². The number of anilines is 1. The lowest BCUT2D eigenvalue weighted by Crippen LogP contribution is -2.31. The Kier molecular flexibility index (Phi) is 5.45. The van der Waals surface area contributed by atoms with Crippen LogP contribution in [0.1, 0.15) is 22.9 Å². The molecule has 4 rings (SSSR count). The topological polar surface area (TPSA) is 49.3 Å². The molecule has 0 aliphatic carbocycles. The molecular weight excluding hydrogens is 375 g/mol. The molecule has 146 valence electrons. The SMILES string of the molecule is CCN1CCc2c(sc(-n3cccc3)c2CNC(=O)Nc2ccccc2F)C1. The third-order valence-electron chi connectivity index (χ3n) is 5.06. The van der Waals surface area contributed by atoms with Crippen molar-refractivity contribution < 1.29 is 9.18 Å². The standard InChI is InChI=1S/C21H23FN4OS/c1-2-25-12-9-15-16(20(28-19(15)14-25)26-10-5-6-11-26)13-23-21(27)24-18-8-4-3-7-17(18)22/h3-8,10-11H,2,9,12-14H2,1H3,(H2,23,24,27). The van der Waals surface area contributed by atoms with Gasteiger partial charge in [-0.05, 0) is 42.8 Å². The summed E-state index contributed by atoms with van der Waals surface area (Å²) >= 11 is 1.79. The Morgan fingerprint density at radius 1 is 1.21 bits per heavy atom. The lowest BCUT2D eigenvalue weighted by molar-refractivity contribution is 0.251. The monoisotopic (exact) mass is 398 g/mol. The van der Waals surface area contributed by atoms with Crippen molar-refractivity contribution in [1.29, 1.82) is 0 Å². The average Bonchev–Trinajstić information content (AvgIpc) is 3.35. The van der Waals surface area contributed by atoms with Crippen LogP contribution in [-0.4, -0.2) is 28.6 Å². The van der Waals surface area contributed by atoms with Crippen LogP contribution in [0.3, 0.4) is 0 Å². The van der Waals surface area contributed by atoms with Crippen LogP contribution in [0.5, 0.6) is 0 Å². The van der Waals surface area contributed by atoms with E-state index in [2.05, 4.69) is 27.0 Å². The molecule has 1 aliphatic heterocycles. The van der Waals surface area contributed by atoms with E-state index in [1.54, 1.807) is 29.5 Å². The van der Waals surface area contributed by atoms with Crippen LogP contribution in [0.15, 0.2) is 48.8 Å². The lowest BCUT2D eigenvalue weighted by atomic mass is 10.0. The second-order valence-corrected chi connectivity index (χ2v) is 7.87. The molecule has 3 heterocycles. The Labute approximate surface area is 167 Å². The minimum atomic E-state index is -0.446. The maximum Gasteiger partial charge on any atom is 0.319 e. The molecular formula is C21H23FN4OS. The van der Waals surface area contributed by atoms with E-state index in [1.807, 2.05) is 24.5 Å². The van der Waals surface area contributed by atoms with Gasteiger partial charge in [0.05, 0.1) is 5.69 Å². The molecule has 7 heteroatoms. The molecule has 3 aromatic rings. The minimum absolute atomic E-state index is 0.177. The van der Waals surface area contributed by atoms with E-state index >= 15 is 0 Å². The van der Waals surface area contributed by atoms with Crippen LogP contribution in [0.25, 0.3) is 5.00 Å². The van der Waals surface area contributed by atoms with Crippen LogP contribution in [0.4, 0.5) is 14.9 Å². The lowest BCUT2D eigenvalue weighted by Gasteiger charge is -2.25. The number of carbonyl (C=O) groups is 1. The van der Waals surface area contributed by atoms with Gasteiger partial charge in [0.2, 0.25) is 0 Å². The summed E-state index contributed by atoms with van der Waals surface area (Å²) in [6.45, 7) is 5.60. The quantitative estimate of drug-likeness (QED) is 0.670. The summed E-state index contributed by atoms with van der Waals surface area (Å²) in [5, 5.41) is 6.63. The third-order valence-corrected chi connectivity index (χ3v) is 6.33. The van der Waals surface area contributed by atoms with E-state index in [4.69, 9.17) is 0 Å². The van der Waals surface area contributed by atoms with Crippen molar-refractivity contribution in [3.63, 3.8) is 0 Å². The summed E-state index contributed by atoms with van der Waals surface area (Å²) in [5.74, 6) is -0.446. The maximum atomic E-state index is 13.8. The first-order chi connectivity index (χ1) is 13.7. The fourth-order valence-electron chi connectivity index (χ4n) is 3.54. The van der Waals surface area contributed by atoms with Gasteiger partial charge in [0.1, 0.15) is 10.8 Å². The van der Waals surface area contributed by atoms with Gasteiger partial charge >= 0.3 is 6.03 Å². The molecule has 0 spiro atoms. The molecule has 1 aromatic carbocycles. The number of para-hydroxylation sites is 1. The average molecular weight is 399 g/mol. The second-order valence-electron chi connectivity index (χ2n) is 6.78. The van der Waals surface area contributed by atoms with Crippen molar-refractivity contribution in [3.8, 4) is 5.00 Å². The van der Waals surface area contributed by atoms with Gasteiger partial charge in [0.15, 0.2) is 0 Å². The number of likely N-dealkylation sites (N-methyl/N-ethyl adjacent to an activating group) is 1. The van der Waals surface area contributed by atoms with Crippen LogP contribution >= 0.6 is 11.3 Å². The zero-order valence-corrected chi connectivity index (χ0v) is 16.6. The molecule has 0 unspecified atom stereocenters. The van der Waals surface area contributed by atoms with Crippen molar-refractivity contribution in [2.45, 2.75) is 26.4 Å². The Bertz CT molecular complexity index is 967. The Morgan fingerprint density at radius 2 is 2.00 bits per heavy atom. The van der Waals surface area contributed by atoms with Gasteiger partial charge < -0.3 is 15.2 Å². The normalized spacial score (nSPS) is 13.9. The van der Waals surface area contributed by atoms with E-state index in [1.165, 1.54) is 16.5 Å². The predicted octanol–water partition coefficient (Wildman–Crippen LogP) is 4.38. The fourth-order valence-corrected chi connectivity index (χ4v) is 4.91. The zero-order chi connectivity index (χ0) is 19.5. The number of hydrogen-bond acceptors (Lipinski definition) is 3. The molecule has 28 heavy (non-hydrogen) atoms. The smallest absolute Gasteiger partial charge is 0.319 e. The number of amides is 2. The number of rotatable bonds is 5. The first-order valence-electron chi connectivity index (χ1n) is 9.44. The summed E-state index contributed by atoms with van der Waals surface area (Å²) in [5.41, 5.74) is 2.66. The van der Waals surface area contributed by atoms with E-state index < -0.39 is 11.8 Å². The molecule has 2 amide bonds. The third kappa shape index (κ3) is 3.81. The van der Waals surface area contributed by atoms with Crippen molar-refractivity contribution in [2.24, 2.45) is 0 Å². The molecule has 0 bridgehead atoms.